The fraction of sp³-hybridized carbons (Fsp3) is 0.750. The number of ether oxygens (including phenoxy) is 1. The van der Waals surface area contributed by atoms with E-state index in [0.717, 1.165) is 49.7 Å². The Balaban J connectivity index is 0.00000288. The van der Waals surface area contributed by atoms with Crippen LogP contribution in [0.5, 0.6) is 0 Å². The van der Waals surface area contributed by atoms with Crippen LogP contribution >= 0.6 is 24.0 Å². The summed E-state index contributed by atoms with van der Waals surface area (Å²) in [6.07, 6.45) is 2.61. The lowest BCUT2D eigenvalue weighted by atomic mass is 10.4. The summed E-state index contributed by atoms with van der Waals surface area (Å²) in [6.45, 7) is 8.02. The average molecular weight is 451 g/mol. The van der Waals surface area contributed by atoms with Gasteiger partial charge in [0.1, 0.15) is 5.76 Å². The number of halogens is 1. The quantitative estimate of drug-likeness (QED) is 0.338. The van der Waals surface area contributed by atoms with E-state index in [4.69, 9.17) is 9.15 Å². The smallest absolute Gasteiger partial charge is 0.214 e. The second-order valence-electron chi connectivity index (χ2n) is 5.86. The van der Waals surface area contributed by atoms with Crippen molar-refractivity contribution in [3.8, 4) is 0 Å². The predicted molar refractivity (Wildman–Crippen MR) is 106 cm³/mol. The highest BCUT2D eigenvalue weighted by Crippen LogP contribution is 2.25. The highest BCUT2D eigenvalue weighted by Gasteiger charge is 2.28. The normalized spacial score (nSPS) is 14.6. The topological polar surface area (TPSA) is 74.9 Å². The number of nitrogens with zero attached hydrogens (tertiary/aromatic N) is 3. The van der Waals surface area contributed by atoms with Crippen LogP contribution < -0.4 is 10.6 Å². The van der Waals surface area contributed by atoms with Gasteiger partial charge in [-0.3, -0.25) is 9.89 Å². The second kappa shape index (κ2) is 10.9. The number of guanidine groups is 1. The molecule has 1 heterocycles. The second-order valence-corrected chi connectivity index (χ2v) is 5.86. The molecule has 1 aliphatic rings. The first-order valence-electron chi connectivity index (χ1n) is 8.24. The summed E-state index contributed by atoms with van der Waals surface area (Å²) in [5.41, 5.74) is 0.933. The average Bonchev–Trinajstić information content (AvgIpc) is 3.33. The van der Waals surface area contributed by atoms with Crippen molar-refractivity contribution < 1.29 is 9.15 Å². The van der Waals surface area contributed by atoms with Gasteiger partial charge in [-0.2, -0.15) is 0 Å². The molecule has 1 aliphatic carbocycles. The molecule has 0 unspecified atom stereocenters. The summed E-state index contributed by atoms with van der Waals surface area (Å²) in [5, 5.41) is 6.57. The fourth-order valence-electron chi connectivity index (χ4n) is 2.44. The molecule has 1 fully saturated rings. The van der Waals surface area contributed by atoms with Crippen molar-refractivity contribution in [2.24, 2.45) is 4.99 Å². The maximum atomic E-state index is 5.56. The highest BCUT2D eigenvalue weighted by atomic mass is 127. The van der Waals surface area contributed by atoms with Crippen LogP contribution in [0.15, 0.2) is 9.41 Å². The maximum Gasteiger partial charge on any atom is 0.214 e. The molecule has 0 atom stereocenters. The minimum Gasteiger partial charge on any atom is -0.444 e. The van der Waals surface area contributed by atoms with E-state index < -0.39 is 0 Å². The number of aliphatic imine (C=N–C) groups is 1. The molecule has 0 bridgehead atoms. The van der Waals surface area contributed by atoms with Crippen molar-refractivity contribution in [2.75, 3.05) is 40.4 Å². The molecule has 1 saturated carbocycles. The number of aryl methyl sites for hydroxylation is 2. The number of methoxy groups -OCH3 is 1. The van der Waals surface area contributed by atoms with E-state index in [1.54, 1.807) is 14.2 Å². The van der Waals surface area contributed by atoms with Gasteiger partial charge in [0.15, 0.2) is 5.96 Å². The maximum absolute atomic E-state index is 5.56. The summed E-state index contributed by atoms with van der Waals surface area (Å²) in [7, 11) is 3.52. The van der Waals surface area contributed by atoms with Crippen LogP contribution in [0.3, 0.4) is 0 Å². The molecule has 0 aliphatic heterocycles. The van der Waals surface area contributed by atoms with Gasteiger partial charge >= 0.3 is 0 Å². The molecule has 1 aromatic rings. The Labute approximate surface area is 161 Å². The van der Waals surface area contributed by atoms with Crippen LogP contribution in [-0.4, -0.2) is 62.3 Å². The van der Waals surface area contributed by atoms with Crippen LogP contribution in [-0.2, 0) is 11.3 Å². The summed E-state index contributed by atoms with van der Waals surface area (Å²) in [6, 6.07) is 0.736. The molecule has 2 N–H and O–H groups in total. The largest absolute Gasteiger partial charge is 0.444 e. The number of hydrogen-bond donors (Lipinski definition) is 2. The summed E-state index contributed by atoms with van der Waals surface area (Å²) in [4.78, 5) is 11.1. The van der Waals surface area contributed by atoms with Crippen molar-refractivity contribution >= 4 is 29.9 Å². The van der Waals surface area contributed by atoms with Gasteiger partial charge in [0.05, 0.1) is 18.8 Å². The van der Waals surface area contributed by atoms with E-state index in [2.05, 4.69) is 25.5 Å². The van der Waals surface area contributed by atoms with E-state index in [-0.39, 0.29) is 24.0 Å². The Bertz CT molecular complexity index is 497. The van der Waals surface area contributed by atoms with Crippen LogP contribution in [0, 0.1) is 13.8 Å². The van der Waals surface area contributed by atoms with Crippen molar-refractivity contribution in [1.29, 1.82) is 0 Å². The third-order valence-corrected chi connectivity index (χ3v) is 4.04. The van der Waals surface area contributed by atoms with Crippen LogP contribution in [0.1, 0.15) is 30.2 Å². The molecule has 24 heavy (non-hydrogen) atoms. The van der Waals surface area contributed by atoms with Gasteiger partial charge in [0.2, 0.25) is 5.89 Å². The molecule has 7 nitrogen and oxygen atoms in total. The molecule has 0 radical (unpaired) electrons. The fourth-order valence-corrected chi connectivity index (χ4v) is 2.44. The van der Waals surface area contributed by atoms with Crippen molar-refractivity contribution in [3.05, 3.63) is 17.3 Å². The molecule has 0 saturated heterocycles. The van der Waals surface area contributed by atoms with Crippen molar-refractivity contribution in [1.82, 2.24) is 20.5 Å². The van der Waals surface area contributed by atoms with Crippen molar-refractivity contribution in [2.45, 2.75) is 39.3 Å². The number of aromatic nitrogens is 1. The van der Waals surface area contributed by atoms with E-state index in [9.17, 15) is 0 Å². The lowest BCUT2D eigenvalue weighted by molar-refractivity contribution is 0.144. The summed E-state index contributed by atoms with van der Waals surface area (Å²) >= 11 is 0. The lowest BCUT2D eigenvalue weighted by Gasteiger charge is -2.22. The van der Waals surface area contributed by atoms with Gasteiger partial charge in [-0.1, -0.05) is 0 Å². The monoisotopic (exact) mass is 451 g/mol. The number of hydrogen-bond acceptors (Lipinski definition) is 5. The van der Waals surface area contributed by atoms with Gasteiger partial charge in [-0.15, -0.1) is 24.0 Å². The number of nitrogens with one attached hydrogen (secondary N) is 2. The standard InChI is InChI=1S/C16H29N5O2.HI/c1-12-13(2)23-15(20-12)11-19-16(17-3)18-7-8-21(9-10-22-4)14-5-6-14;/h14H,5-11H2,1-4H3,(H2,17,18,19);1H. The zero-order chi connectivity index (χ0) is 16.7. The van der Waals surface area contributed by atoms with Gasteiger partial charge in [-0.05, 0) is 26.7 Å². The minimum atomic E-state index is 0. The Hall–Kier alpha value is -0.870. The Morgan fingerprint density at radius 1 is 1.33 bits per heavy atom. The number of rotatable bonds is 9. The van der Waals surface area contributed by atoms with E-state index >= 15 is 0 Å². The molecular weight excluding hydrogens is 421 g/mol. The summed E-state index contributed by atoms with van der Waals surface area (Å²) < 4.78 is 10.7. The number of oxazole rings is 1. The molecular formula is C16H30IN5O2. The van der Waals surface area contributed by atoms with Gasteiger partial charge in [-0.25, -0.2) is 4.98 Å². The van der Waals surface area contributed by atoms with E-state index in [0.29, 0.717) is 12.4 Å². The lowest BCUT2D eigenvalue weighted by Crippen LogP contribution is -2.42. The first kappa shape index (κ1) is 21.2. The van der Waals surface area contributed by atoms with Crippen LogP contribution in [0.25, 0.3) is 0 Å². The molecule has 0 amide bonds. The molecule has 8 heteroatoms. The SMILES string of the molecule is CN=C(NCCN(CCOC)C1CC1)NCc1nc(C)c(C)o1.I. The first-order chi connectivity index (χ1) is 11.1. The third-order valence-electron chi connectivity index (χ3n) is 4.04. The molecule has 138 valence electrons. The Kier molecular flexibility index (Phi) is 9.60. The first-order valence-corrected chi connectivity index (χ1v) is 8.24. The highest BCUT2D eigenvalue weighted by molar-refractivity contribution is 14.0. The molecule has 2 rings (SSSR count). The molecule has 0 spiro atoms. The van der Waals surface area contributed by atoms with Gasteiger partial charge < -0.3 is 19.8 Å². The molecule has 0 aromatic carbocycles. The minimum absolute atomic E-state index is 0. The predicted octanol–water partition coefficient (Wildman–Crippen LogP) is 1.69. The zero-order valence-electron chi connectivity index (χ0n) is 15.1. The van der Waals surface area contributed by atoms with Gasteiger partial charge in [0, 0.05) is 39.8 Å². The Morgan fingerprint density at radius 3 is 2.62 bits per heavy atom. The molecule has 1 aromatic heterocycles. The Morgan fingerprint density at radius 2 is 2.08 bits per heavy atom. The third kappa shape index (κ3) is 6.94. The van der Waals surface area contributed by atoms with Gasteiger partial charge in [0.25, 0.3) is 0 Å². The zero-order valence-corrected chi connectivity index (χ0v) is 17.4. The van der Waals surface area contributed by atoms with E-state index in [1.165, 1.54) is 12.8 Å². The van der Waals surface area contributed by atoms with Crippen molar-refractivity contribution in [3.63, 3.8) is 0 Å². The van der Waals surface area contributed by atoms with Crippen LogP contribution in [0.2, 0.25) is 0 Å². The van der Waals surface area contributed by atoms with Crippen LogP contribution in [0.4, 0.5) is 0 Å². The van der Waals surface area contributed by atoms with E-state index in [1.807, 2.05) is 13.8 Å². The summed E-state index contributed by atoms with van der Waals surface area (Å²) in [5.74, 6) is 2.31.